The molecule has 1 heterocycles. The van der Waals surface area contributed by atoms with Crippen molar-refractivity contribution in [2.45, 2.75) is 38.8 Å². The summed E-state index contributed by atoms with van der Waals surface area (Å²) in [5, 5.41) is 12.3. The molecule has 2 rings (SSSR count). The van der Waals surface area contributed by atoms with Gasteiger partial charge in [0.2, 0.25) is 0 Å². The second-order valence-electron chi connectivity index (χ2n) is 5.70. The van der Waals surface area contributed by atoms with Gasteiger partial charge < -0.3 is 10.2 Å². The van der Waals surface area contributed by atoms with E-state index in [0.717, 1.165) is 13.1 Å². The first-order valence-corrected chi connectivity index (χ1v) is 6.47. The number of anilines is 1. The molecule has 0 amide bonds. The minimum absolute atomic E-state index is 0.0831. The molecular weight excluding hydrogens is 222 g/mol. The van der Waals surface area contributed by atoms with E-state index in [9.17, 15) is 0 Å². The highest BCUT2D eigenvalue weighted by Gasteiger charge is 2.33. The highest BCUT2D eigenvalue weighted by Crippen LogP contribution is 2.27. The molecule has 18 heavy (non-hydrogen) atoms. The van der Waals surface area contributed by atoms with Gasteiger partial charge in [0, 0.05) is 30.4 Å². The zero-order valence-electron chi connectivity index (χ0n) is 11.4. The number of rotatable bonds is 2. The molecule has 1 aromatic carbocycles. The Bertz CT molecular complexity index is 459. The summed E-state index contributed by atoms with van der Waals surface area (Å²) < 4.78 is 0. The van der Waals surface area contributed by atoms with Crippen LogP contribution in [0.3, 0.4) is 0 Å². The van der Waals surface area contributed by atoms with E-state index in [-0.39, 0.29) is 11.6 Å². The van der Waals surface area contributed by atoms with E-state index in [1.807, 2.05) is 0 Å². The van der Waals surface area contributed by atoms with Gasteiger partial charge in [0.25, 0.3) is 0 Å². The van der Waals surface area contributed by atoms with Crippen molar-refractivity contribution in [1.82, 2.24) is 5.32 Å². The summed E-state index contributed by atoms with van der Waals surface area (Å²) in [7, 11) is 0. The monoisotopic (exact) mass is 243 g/mol. The van der Waals surface area contributed by atoms with Crippen LogP contribution in [0.5, 0.6) is 0 Å². The summed E-state index contributed by atoms with van der Waals surface area (Å²) in [5.41, 5.74) is 2.61. The van der Waals surface area contributed by atoms with Crippen LogP contribution < -0.4 is 10.2 Å². The molecule has 0 saturated carbocycles. The summed E-state index contributed by atoms with van der Waals surface area (Å²) >= 11 is 0. The third-order valence-electron chi connectivity index (χ3n) is 3.61. The molecule has 1 atom stereocenters. The topological polar surface area (TPSA) is 39.1 Å². The van der Waals surface area contributed by atoms with Crippen molar-refractivity contribution in [3.05, 3.63) is 29.8 Å². The van der Waals surface area contributed by atoms with Gasteiger partial charge in [-0.15, -0.1) is 0 Å². The molecule has 0 spiro atoms. The number of piperazine rings is 1. The number of nitriles is 1. The first-order valence-electron chi connectivity index (χ1n) is 6.47. The molecule has 1 aliphatic heterocycles. The van der Waals surface area contributed by atoms with Crippen LogP contribution in [0.4, 0.5) is 5.69 Å². The van der Waals surface area contributed by atoms with Crippen molar-refractivity contribution in [1.29, 1.82) is 5.26 Å². The summed E-state index contributed by atoms with van der Waals surface area (Å²) in [6.45, 7) is 8.40. The molecule has 1 saturated heterocycles. The molecule has 1 N–H and O–H groups in total. The minimum atomic E-state index is 0.0831. The molecule has 1 aliphatic rings. The van der Waals surface area contributed by atoms with Crippen LogP contribution in [0.2, 0.25) is 0 Å². The van der Waals surface area contributed by atoms with Gasteiger partial charge in [-0.05, 0) is 38.5 Å². The van der Waals surface area contributed by atoms with Gasteiger partial charge in [0.15, 0.2) is 0 Å². The number of nitrogens with one attached hydrogen (secondary N) is 1. The van der Waals surface area contributed by atoms with E-state index in [1.54, 1.807) is 0 Å². The molecule has 1 aromatic rings. The third-order valence-corrected chi connectivity index (χ3v) is 3.61. The van der Waals surface area contributed by atoms with Crippen LogP contribution in [0, 0.1) is 18.3 Å². The van der Waals surface area contributed by atoms with Crippen LogP contribution in [0.25, 0.3) is 0 Å². The van der Waals surface area contributed by atoms with Crippen molar-refractivity contribution < 1.29 is 0 Å². The fraction of sp³-hybridized carbons (Fsp3) is 0.533. The molecule has 1 unspecified atom stereocenters. The quantitative estimate of drug-likeness (QED) is 0.867. The van der Waals surface area contributed by atoms with Crippen molar-refractivity contribution in [3.63, 3.8) is 0 Å². The average molecular weight is 243 g/mol. The van der Waals surface area contributed by atoms with E-state index < -0.39 is 0 Å². The van der Waals surface area contributed by atoms with E-state index in [2.05, 4.69) is 61.3 Å². The maximum atomic E-state index is 8.84. The Labute approximate surface area is 109 Å². The lowest BCUT2D eigenvalue weighted by Crippen LogP contribution is -2.62. The second kappa shape index (κ2) is 4.99. The molecule has 3 heteroatoms. The van der Waals surface area contributed by atoms with Crippen LogP contribution in [-0.2, 0) is 0 Å². The fourth-order valence-electron chi connectivity index (χ4n) is 2.52. The number of aryl methyl sites for hydroxylation is 1. The highest BCUT2D eigenvalue weighted by molar-refractivity contribution is 5.51. The SMILES string of the molecule is Cc1cccc(N2CC(CC#N)NCC2(C)C)c1. The predicted octanol–water partition coefficient (Wildman–Crippen LogP) is 2.47. The largest absolute Gasteiger partial charge is 0.364 e. The lowest BCUT2D eigenvalue weighted by molar-refractivity contribution is 0.325. The normalized spacial score (nSPS) is 22.6. The molecule has 1 fully saturated rings. The Morgan fingerprint density at radius 2 is 2.28 bits per heavy atom. The standard InChI is InChI=1S/C15H21N3/c1-12-5-4-6-14(9-12)18-10-13(7-8-16)17-11-15(18,2)3/h4-6,9,13,17H,7,10-11H2,1-3H3. The lowest BCUT2D eigenvalue weighted by atomic mass is 9.95. The summed E-state index contributed by atoms with van der Waals surface area (Å²) in [6.07, 6.45) is 0.568. The molecule has 0 aliphatic carbocycles. The van der Waals surface area contributed by atoms with Crippen LogP contribution >= 0.6 is 0 Å². The van der Waals surface area contributed by atoms with Gasteiger partial charge >= 0.3 is 0 Å². The molecule has 0 radical (unpaired) electrons. The summed E-state index contributed by atoms with van der Waals surface area (Å²) in [5.74, 6) is 0. The van der Waals surface area contributed by atoms with Crippen LogP contribution in [-0.4, -0.2) is 24.7 Å². The highest BCUT2D eigenvalue weighted by atomic mass is 15.3. The smallest absolute Gasteiger partial charge is 0.0638 e. The van der Waals surface area contributed by atoms with Gasteiger partial charge in [0.05, 0.1) is 12.5 Å². The molecule has 0 aromatic heterocycles. The van der Waals surface area contributed by atoms with Gasteiger partial charge in [-0.1, -0.05) is 12.1 Å². The van der Waals surface area contributed by atoms with Crippen molar-refractivity contribution in [3.8, 4) is 6.07 Å². The van der Waals surface area contributed by atoms with E-state index >= 15 is 0 Å². The van der Waals surface area contributed by atoms with Crippen LogP contribution in [0.15, 0.2) is 24.3 Å². The minimum Gasteiger partial charge on any atom is -0.364 e. The van der Waals surface area contributed by atoms with Crippen molar-refractivity contribution in [2.75, 3.05) is 18.0 Å². The molecular formula is C15H21N3. The van der Waals surface area contributed by atoms with Gasteiger partial charge in [-0.25, -0.2) is 0 Å². The van der Waals surface area contributed by atoms with Crippen LogP contribution in [0.1, 0.15) is 25.8 Å². The Morgan fingerprint density at radius 3 is 2.94 bits per heavy atom. The Morgan fingerprint density at radius 1 is 1.50 bits per heavy atom. The Balaban J connectivity index is 2.24. The molecule has 3 nitrogen and oxygen atoms in total. The first kappa shape index (κ1) is 12.9. The maximum Gasteiger partial charge on any atom is 0.0638 e. The number of hydrogen-bond donors (Lipinski definition) is 1. The lowest BCUT2D eigenvalue weighted by Gasteiger charge is -2.47. The maximum absolute atomic E-state index is 8.84. The summed E-state index contributed by atoms with van der Waals surface area (Å²) in [6, 6.07) is 11.1. The van der Waals surface area contributed by atoms with E-state index in [0.29, 0.717) is 6.42 Å². The second-order valence-corrected chi connectivity index (χ2v) is 5.70. The van der Waals surface area contributed by atoms with E-state index in [1.165, 1.54) is 11.3 Å². The zero-order chi connectivity index (χ0) is 13.2. The third kappa shape index (κ3) is 2.65. The number of benzene rings is 1. The van der Waals surface area contributed by atoms with Gasteiger partial charge in [-0.2, -0.15) is 5.26 Å². The molecule has 0 bridgehead atoms. The van der Waals surface area contributed by atoms with Crippen molar-refractivity contribution >= 4 is 5.69 Å². The molecule has 96 valence electrons. The van der Waals surface area contributed by atoms with Crippen molar-refractivity contribution in [2.24, 2.45) is 0 Å². The Kier molecular flexibility index (Phi) is 3.58. The zero-order valence-corrected chi connectivity index (χ0v) is 11.4. The predicted molar refractivity (Wildman–Crippen MR) is 74.6 cm³/mol. The Hall–Kier alpha value is -1.53. The number of hydrogen-bond acceptors (Lipinski definition) is 3. The van der Waals surface area contributed by atoms with Gasteiger partial charge in [0.1, 0.15) is 0 Å². The average Bonchev–Trinajstić information content (AvgIpc) is 2.31. The summed E-state index contributed by atoms with van der Waals surface area (Å²) in [4.78, 5) is 2.42. The van der Waals surface area contributed by atoms with E-state index in [4.69, 9.17) is 5.26 Å². The van der Waals surface area contributed by atoms with Gasteiger partial charge in [-0.3, -0.25) is 0 Å². The number of nitrogens with zero attached hydrogens (tertiary/aromatic N) is 2. The fourth-order valence-corrected chi connectivity index (χ4v) is 2.52. The first-order chi connectivity index (χ1) is 8.53.